The Balaban J connectivity index is 2.77. The van der Waals surface area contributed by atoms with Crippen LogP contribution in [0, 0.1) is 17.8 Å². The highest BCUT2D eigenvalue weighted by Crippen LogP contribution is 2.41. The Bertz CT molecular complexity index is 400. The molecule has 1 aliphatic rings. The molecule has 2 N–H and O–H groups in total. The van der Waals surface area contributed by atoms with Crippen LogP contribution in [0.15, 0.2) is 11.6 Å². The average molecular weight is 310 g/mol. The predicted molar refractivity (Wildman–Crippen MR) is 86.7 cm³/mol. The minimum absolute atomic E-state index is 0.119. The number of carboxylic acid groups (broad SMARTS) is 2. The molecular weight excluding hydrogens is 280 g/mol. The van der Waals surface area contributed by atoms with Crippen LogP contribution in [-0.4, -0.2) is 22.2 Å². The van der Waals surface area contributed by atoms with Crippen molar-refractivity contribution in [3.8, 4) is 0 Å². The van der Waals surface area contributed by atoms with Crippen molar-refractivity contribution in [2.75, 3.05) is 0 Å². The van der Waals surface area contributed by atoms with E-state index < -0.39 is 23.8 Å². The fourth-order valence-corrected chi connectivity index (χ4v) is 3.49. The number of rotatable bonds is 11. The Labute approximate surface area is 133 Å². The summed E-state index contributed by atoms with van der Waals surface area (Å²) < 4.78 is 0. The molecular formula is C18H30O4. The molecule has 0 aromatic rings. The van der Waals surface area contributed by atoms with Gasteiger partial charge in [-0.25, -0.2) is 0 Å². The molecule has 0 aromatic carbocycles. The predicted octanol–water partition coefficient (Wildman–Crippen LogP) is 4.49. The van der Waals surface area contributed by atoms with Crippen LogP contribution in [0.25, 0.3) is 0 Å². The van der Waals surface area contributed by atoms with E-state index in [1.54, 1.807) is 0 Å². The molecule has 3 unspecified atom stereocenters. The maximum atomic E-state index is 11.6. The summed E-state index contributed by atoms with van der Waals surface area (Å²) in [5, 5.41) is 19.0. The van der Waals surface area contributed by atoms with E-state index in [4.69, 9.17) is 0 Å². The van der Waals surface area contributed by atoms with E-state index >= 15 is 0 Å². The second kappa shape index (κ2) is 9.65. The van der Waals surface area contributed by atoms with E-state index in [-0.39, 0.29) is 5.92 Å². The van der Waals surface area contributed by atoms with Crippen molar-refractivity contribution in [3.63, 3.8) is 0 Å². The van der Waals surface area contributed by atoms with Crippen LogP contribution < -0.4 is 0 Å². The zero-order chi connectivity index (χ0) is 16.5. The summed E-state index contributed by atoms with van der Waals surface area (Å²) in [7, 11) is 0. The third-order valence-electron chi connectivity index (χ3n) is 4.66. The molecule has 126 valence electrons. The van der Waals surface area contributed by atoms with E-state index in [1.807, 2.05) is 6.08 Å². The first-order valence-corrected chi connectivity index (χ1v) is 8.69. The van der Waals surface area contributed by atoms with Crippen molar-refractivity contribution in [3.05, 3.63) is 11.6 Å². The fraction of sp³-hybridized carbons (Fsp3) is 0.778. The van der Waals surface area contributed by atoms with Gasteiger partial charge in [-0.1, -0.05) is 64.0 Å². The molecule has 0 heterocycles. The van der Waals surface area contributed by atoms with Gasteiger partial charge in [0.15, 0.2) is 0 Å². The molecule has 1 rings (SSSR count). The van der Waals surface area contributed by atoms with Crippen molar-refractivity contribution < 1.29 is 19.8 Å². The normalized spacial score (nSPS) is 24.3. The molecule has 0 bridgehead atoms. The van der Waals surface area contributed by atoms with Gasteiger partial charge in [0, 0.05) is 0 Å². The zero-order valence-electron chi connectivity index (χ0n) is 13.9. The summed E-state index contributed by atoms with van der Waals surface area (Å²) in [5.41, 5.74) is 0.845. The van der Waals surface area contributed by atoms with Crippen LogP contribution in [0.5, 0.6) is 0 Å². The first-order chi connectivity index (χ1) is 10.5. The van der Waals surface area contributed by atoms with Gasteiger partial charge in [-0.2, -0.15) is 0 Å². The highest BCUT2D eigenvalue weighted by molar-refractivity contribution is 5.84. The molecule has 0 amide bonds. The molecule has 0 saturated carbocycles. The number of carbonyl (C=O) groups is 2. The molecule has 0 radical (unpaired) electrons. The highest BCUT2D eigenvalue weighted by atomic mass is 16.4. The molecule has 4 heteroatoms. The summed E-state index contributed by atoms with van der Waals surface area (Å²) >= 11 is 0. The zero-order valence-corrected chi connectivity index (χ0v) is 13.9. The average Bonchev–Trinajstić information content (AvgIpc) is 2.83. The van der Waals surface area contributed by atoms with Gasteiger partial charge < -0.3 is 10.2 Å². The number of hydrogen-bond acceptors (Lipinski definition) is 2. The molecule has 0 spiro atoms. The number of allylic oxidation sites excluding steroid dienone is 1. The molecule has 0 aromatic heterocycles. The number of unbranched alkanes of at least 4 members (excludes halogenated alkanes) is 5. The molecule has 22 heavy (non-hydrogen) atoms. The number of carboxylic acids is 2. The molecule has 3 atom stereocenters. The van der Waals surface area contributed by atoms with E-state index in [2.05, 4.69) is 13.8 Å². The van der Waals surface area contributed by atoms with Gasteiger partial charge in [-0.3, -0.25) is 9.59 Å². The monoisotopic (exact) mass is 310 g/mol. The Morgan fingerprint density at radius 1 is 0.955 bits per heavy atom. The SMILES string of the molecule is CCCCCCC1=CC(CCCCC)C(C(=O)O)C1C(=O)O. The van der Waals surface area contributed by atoms with Gasteiger partial charge in [0.2, 0.25) is 0 Å². The second-order valence-corrected chi connectivity index (χ2v) is 6.39. The minimum atomic E-state index is -0.980. The lowest BCUT2D eigenvalue weighted by atomic mass is 9.83. The van der Waals surface area contributed by atoms with Crippen molar-refractivity contribution in [2.45, 2.75) is 71.6 Å². The minimum Gasteiger partial charge on any atom is -0.481 e. The third kappa shape index (κ3) is 5.15. The van der Waals surface area contributed by atoms with E-state index in [0.29, 0.717) is 0 Å². The quantitative estimate of drug-likeness (QED) is 0.435. The summed E-state index contributed by atoms with van der Waals surface area (Å²) in [5.74, 6) is -3.67. The molecule has 4 nitrogen and oxygen atoms in total. The lowest BCUT2D eigenvalue weighted by molar-refractivity contribution is -0.153. The number of hydrogen-bond donors (Lipinski definition) is 2. The van der Waals surface area contributed by atoms with Crippen molar-refractivity contribution >= 4 is 11.9 Å². The maximum absolute atomic E-state index is 11.6. The smallest absolute Gasteiger partial charge is 0.311 e. The van der Waals surface area contributed by atoms with Crippen LogP contribution in [0.1, 0.15) is 71.6 Å². The van der Waals surface area contributed by atoms with Gasteiger partial charge in [0.05, 0.1) is 11.8 Å². The van der Waals surface area contributed by atoms with Gasteiger partial charge in [0.25, 0.3) is 0 Å². The largest absolute Gasteiger partial charge is 0.481 e. The van der Waals surface area contributed by atoms with Crippen LogP contribution in [0.2, 0.25) is 0 Å². The first kappa shape index (κ1) is 18.7. The summed E-state index contributed by atoms with van der Waals surface area (Å²) in [6.45, 7) is 4.25. The second-order valence-electron chi connectivity index (χ2n) is 6.39. The lowest BCUT2D eigenvalue weighted by Gasteiger charge is -2.20. The standard InChI is InChI=1S/C18H30O4/c1-3-5-7-9-11-14-12-13(10-8-6-4-2)15(17(19)20)16(14)18(21)22/h12-13,15-16H,3-11H2,1-2H3,(H,19,20)(H,21,22). The van der Waals surface area contributed by atoms with Crippen LogP contribution in [-0.2, 0) is 9.59 Å². The number of aliphatic carboxylic acids is 2. The Morgan fingerprint density at radius 3 is 2.14 bits per heavy atom. The fourth-order valence-electron chi connectivity index (χ4n) is 3.49. The van der Waals surface area contributed by atoms with Crippen molar-refractivity contribution in [1.82, 2.24) is 0 Å². The van der Waals surface area contributed by atoms with Crippen LogP contribution in [0.3, 0.4) is 0 Å². The third-order valence-corrected chi connectivity index (χ3v) is 4.66. The van der Waals surface area contributed by atoms with E-state index in [9.17, 15) is 19.8 Å². The summed E-state index contributed by atoms with van der Waals surface area (Å²) in [6.07, 6.45) is 10.9. The highest BCUT2D eigenvalue weighted by Gasteiger charge is 2.45. The van der Waals surface area contributed by atoms with Gasteiger partial charge in [-0.15, -0.1) is 0 Å². The Morgan fingerprint density at radius 2 is 1.59 bits per heavy atom. The van der Waals surface area contributed by atoms with E-state index in [0.717, 1.165) is 63.4 Å². The Hall–Kier alpha value is -1.32. The molecule has 0 fully saturated rings. The van der Waals surface area contributed by atoms with Gasteiger partial charge in [0.1, 0.15) is 0 Å². The summed E-state index contributed by atoms with van der Waals surface area (Å²) in [4.78, 5) is 23.2. The molecule has 0 aliphatic heterocycles. The summed E-state index contributed by atoms with van der Waals surface area (Å²) in [6, 6.07) is 0. The molecule has 0 saturated heterocycles. The lowest BCUT2D eigenvalue weighted by Crippen LogP contribution is -2.31. The molecule has 1 aliphatic carbocycles. The van der Waals surface area contributed by atoms with Crippen LogP contribution in [0.4, 0.5) is 0 Å². The van der Waals surface area contributed by atoms with Gasteiger partial charge in [-0.05, 0) is 25.2 Å². The Kier molecular flexibility index (Phi) is 8.21. The van der Waals surface area contributed by atoms with Gasteiger partial charge >= 0.3 is 11.9 Å². The first-order valence-electron chi connectivity index (χ1n) is 8.69. The van der Waals surface area contributed by atoms with Crippen LogP contribution >= 0.6 is 0 Å². The van der Waals surface area contributed by atoms with Crippen molar-refractivity contribution in [1.29, 1.82) is 0 Å². The van der Waals surface area contributed by atoms with Crippen molar-refractivity contribution in [2.24, 2.45) is 17.8 Å². The topological polar surface area (TPSA) is 74.6 Å². The maximum Gasteiger partial charge on any atom is 0.311 e. The van der Waals surface area contributed by atoms with E-state index in [1.165, 1.54) is 0 Å².